The maximum atomic E-state index is 2.75. The second kappa shape index (κ2) is 9.90. The molecule has 0 bridgehead atoms. The fourth-order valence-corrected chi connectivity index (χ4v) is 42.9. The Kier molecular flexibility index (Phi) is 7.48. The quantitative estimate of drug-likeness (QED) is 0.277. The van der Waals surface area contributed by atoms with Crippen LogP contribution in [0.3, 0.4) is 0 Å². The topological polar surface area (TPSA) is 0 Å². The normalized spacial score (nSPS) is 21.9. The molecule has 3 aliphatic rings. The molecule has 213 valence electrons. The Bertz CT molecular complexity index is 1440. The summed E-state index contributed by atoms with van der Waals surface area (Å²) >= 11 is -2.20. The summed E-state index contributed by atoms with van der Waals surface area (Å²) in [5, 5.41) is 0. The molecule has 3 aliphatic carbocycles. The zero-order chi connectivity index (χ0) is 29.7. The molecule has 2 heteroatoms. The molecule has 5 rings (SSSR count). The average molecular weight is 716 g/mol. The monoisotopic (exact) mass is 717 g/mol. The molecule has 0 saturated carbocycles. The van der Waals surface area contributed by atoms with E-state index in [2.05, 4.69) is 133 Å². The van der Waals surface area contributed by atoms with Crippen molar-refractivity contribution in [3.63, 3.8) is 0 Å². The van der Waals surface area contributed by atoms with Crippen LogP contribution >= 0.6 is 0 Å². The summed E-state index contributed by atoms with van der Waals surface area (Å²) in [5.41, 5.74) is 19.8. The van der Waals surface area contributed by atoms with Crippen LogP contribution in [0.4, 0.5) is 0 Å². The number of rotatable bonds is 4. The van der Waals surface area contributed by atoms with Crippen molar-refractivity contribution in [1.29, 1.82) is 0 Å². The predicted octanol–water partition coefficient (Wildman–Crippen LogP) is 11.1. The van der Waals surface area contributed by atoms with Crippen LogP contribution in [-0.4, -0.2) is 5.98 Å². The Balaban J connectivity index is 1.79. The molecule has 1 atom stereocenters. The number of hydrogen-bond donors (Lipinski definition) is 0. The number of benzene rings is 2. The van der Waals surface area contributed by atoms with Gasteiger partial charge in [-0.15, -0.1) is 0 Å². The molecular formula is C38H53HfSi. The van der Waals surface area contributed by atoms with Gasteiger partial charge in [0, 0.05) is 0 Å². The summed E-state index contributed by atoms with van der Waals surface area (Å²) in [6.07, 6.45) is 3.87. The summed E-state index contributed by atoms with van der Waals surface area (Å²) in [5.74, 6) is -0.813. The fourth-order valence-electron chi connectivity index (χ4n) is 8.76. The second-order valence-corrected chi connectivity index (χ2v) is 43.9. The molecule has 2 aromatic carbocycles. The summed E-state index contributed by atoms with van der Waals surface area (Å²) in [4.78, 5) is 0. The molecule has 0 saturated heterocycles. The Morgan fingerprint density at radius 2 is 1.35 bits per heavy atom. The second-order valence-electron chi connectivity index (χ2n) is 16.0. The van der Waals surface area contributed by atoms with Gasteiger partial charge in [0.15, 0.2) is 0 Å². The molecule has 0 aromatic heterocycles. The van der Waals surface area contributed by atoms with Crippen LogP contribution in [0.15, 0.2) is 58.2 Å². The van der Waals surface area contributed by atoms with Crippen LogP contribution in [0, 0.1) is 0 Å². The molecule has 0 aliphatic heterocycles. The first kappa shape index (κ1) is 30.2. The van der Waals surface area contributed by atoms with Crippen LogP contribution in [-0.2, 0) is 36.9 Å². The Labute approximate surface area is 254 Å². The van der Waals surface area contributed by atoms with E-state index in [0.717, 1.165) is 7.35 Å². The van der Waals surface area contributed by atoms with E-state index in [-0.39, 0.29) is 16.2 Å². The minimum atomic E-state index is -2.20. The van der Waals surface area contributed by atoms with Crippen LogP contribution in [0.2, 0.25) is 16.8 Å². The Morgan fingerprint density at radius 1 is 0.800 bits per heavy atom. The predicted molar refractivity (Wildman–Crippen MR) is 177 cm³/mol. The number of fused-ring (bicyclic) bond motifs is 2. The van der Waals surface area contributed by atoms with Gasteiger partial charge in [-0.25, -0.2) is 0 Å². The SMILES string of the molecule is CC1=Cc2c(cc3c(c2-c2ccc(C(C)(C)C)cc2)C(C)(C)CC3(C)C)[CH]1[Hf]([CH]1C(C)=C(C)C(C)=C1C)[SiH](C)C. The fraction of sp³-hybridized carbons (Fsp3) is 0.526. The van der Waals surface area contributed by atoms with Crippen molar-refractivity contribution in [2.45, 2.75) is 126 Å². The number of allylic oxidation sites excluding steroid dienone is 5. The van der Waals surface area contributed by atoms with E-state index in [0.29, 0.717) is 0 Å². The Morgan fingerprint density at radius 3 is 1.85 bits per heavy atom. The van der Waals surface area contributed by atoms with Gasteiger partial charge in [0.25, 0.3) is 0 Å². The molecule has 40 heavy (non-hydrogen) atoms. The molecule has 0 amide bonds. The third-order valence-electron chi connectivity index (χ3n) is 10.8. The van der Waals surface area contributed by atoms with Crippen molar-refractivity contribution in [2.75, 3.05) is 0 Å². The van der Waals surface area contributed by atoms with Gasteiger partial charge in [0.05, 0.1) is 0 Å². The molecule has 0 heterocycles. The molecule has 2 aromatic rings. The summed E-state index contributed by atoms with van der Waals surface area (Å²) in [7, 11) is 0. The van der Waals surface area contributed by atoms with Gasteiger partial charge in [-0.1, -0.05) is 0 Å². The first-order chi connectivity index (χ1) is 18.4. The van der Waals surface area contributed by atoms with E-state index in [1.165, 1.54) is 17.5 Å². The van der Waals surface area contributed by atoms with Crippen molar-refractivity contribution >= 4 is 12.1 Å². The van der Waals surface area contributed by atoms with E-state index in [4.69, 9.17) is 0 Å². The van der Waals surface area contributed by atoms with Crippen molar-refractivity contribution in [3.05, 3.63) is 86.0 Å². The van der Waals surface area contributed by atoms with Gasteiger partial charge in [-0.3, -0.25) is 0 Å². The van der Waals surface area contributed by atoms with Gasteiger partial charge >= 0.3 is 256 Å². The average Bonchev–Trinajstić information content (AvgIpc) is 3.33. The Hall–Kier alpha value is -1.25. The van der Waals surface area contributed by atoms with Crippen LogP contribution in [0.1, 0.15) is 121 Å². The zero-order valence-electron chi connectivity index (χ0n) is 27.9. The van der Waals surface area contributed by atoms with Gasteiger partial charge < -0.3 is 0 Å². The van der Waals surface area contributed by atoms with Gasteiger partial charge in [-0.05, 0) is 0 Å². The van der Waals surface area contributed by atoms with Crippen molar-refractivity contribution in [3.8, 4) is 11.1 Å². The van der Waals surface area contributed by atoms with E-state index in [1.54, 1.807) is 55.7 Å². The van der Waals surface area contributed by atoms with E-state index >= 15 is 0 Å². The third kappa shape index (κ3) is 4.63. The summed E-state index contributed by atoms with van der Waals surface area (Å²) in [6, 6.07) is 12.4. The molecule has 0 radical (unpaired) electrons. The van der Waals surface area contributed by atoms with Gasteiger partial charge in [0.1, 0.15) is 0 Å². The molecular weight excluding hydrogens is 663 g/mol. The first-order valence-electron chi connectivity index (χ1n) is 15.6. The van der Waals surface area contributed by atoms with Crippen molar-refractivity contribution in [1.82, 2.24) is 0 Å². The number of hydrogen-bond acceptors (Lipinski definition) is 0. The molecule has 0 N–H and O–H groups in total. The third-order valence-corrected chi connectivity index (χ3v) is 42.6. The molecule has 0 nitrogen and oxygen atoms in total. The standard InChI is InChI=1S/C27H33.C9H13.C2H7Si.Hf/c1-17-13-19-15-22-24(27(7,8)16-26(22,5)6)23(21(19)14-17)18-9-11-20(12-10-18)25(2,3)4;1-6-5-7(2)9(4)8(6)3;1-3-2;/h9-15H,16H2,1-8H3;5H,1-4H3;3H,1-2H3;. The van der Waals surface area contributed by atoms with Crippen molar-refractivity contribution < 1.29 is 20.6 Å². The maximum absolute atomic E-state index is 2.75. The molecule has 1 unspecified atom stereocenters. The summed E-state index contributed by atoms with van der Waals surface area (Å²) < 4.78 is 1.51. The van der Waals surface area contributed by atoms with Gasteiger partial charge in [-0.2, -0.15) is 0 Å². The van der Waals surface area contributed by atoms with Crippen LogP contribution in [0.5, 0.6) is 0 Å². The summed E-state index contributed by atoms with van der Waals surface area (Å²) in [6.45, 7) is 34.6. The van der Waals surface area contributed by atoms with Crippen LogP contribution in [0.25, 0.3) is 17.2 Å². The molecule has 0 fully saturated rings. The van der Waals surface area contributed by atoms with Crippen LogP contribution < -0.4 is 0 Å². The van der Waals surface area contributed by atoms with Gasteiger partial charge in [0.2, 0.25) is 0 Å². The van der Waals surface area contributed by atoms with E-state index in [1.807, 2.05) is 0 Å². The van der Waals surface area contributed by atoms with E-state index in [9.17, 15) is 0 Å². The first-order valence-corrected chi connectivity index (χ1v) is 28.9. The van der Waals surface area contributed by atoms with E-state index < -0.39 is 26.6 Å². The zero-order valence-corrected chi connectivity index (χ0v) is 32.7. The van der Waals surface area contributed by atoms with Crippen molar-refractivity contribution in [2.24, 2.45) is 0 Å². The molecule has 0 spiro atoms. The minimum absolute atomic E-state index is 0.166.